The smallest absolute Gasteiger partial charge is 0.304 e. The van der Waals surface area contributed by atoms with Crippen LogP contribution in [-0.2, 0) is 21.4 Å². The van der Waals surface area contributed by atoms with Gasteiger partial charge in [-0.2, -0.15) is 12.7 Å². The van der Waals surface area contributed by atoms with Crippen molar-refractivity contribution in [3.63, 3.8) is 0 Å². The molecule has 2 aromatic rings. The Kier molecular flexibility index (Phi) is 8.53. The van der Waals surface area contributed by atoms with E-state index in [0.717, 1.165) is 12.0 Å². The Hall–Kier alpha value is -2.58. The SMILES string of the molecule is CCOc1ccc(N(CC)S(=O)(=O)N2CCC[C@@H](C(=O)NCCc3ccccc3)C2)cc1. The minimum Gasteiger partial charge on any atom is -0.494 e. The van der Waals surface area contributed by atoms with Crippen LogP contribution in [0.5, 0.6) is 5.75 Å². The number of carbonyl (C=O) groups is 1. The lowest BCUT2D eigenvalue weighted by Gasteiger charge is -2.35. The standard InChI is InChI=1S/C24H33N3O4S/c1-3-27(22-12-14-23(15-13-22)31-4-2)32(29,30)26-18-8-11-21(19-26)24(28)25-17-16-20-9-6-5-7-10-20/h5-7,9-10,12-15,21H,3-4,8,11,16-19H2,1-2H3,(H,25,28)/t21-/m1/s1. The van der Waals surface area contributed by atoms with Crippen LogP contribution in [-0.4, -0.2) is 51.4 Å². The summed E-state index contributed by atoms with van der Waals surface area (Å²) in [4.78, 5) is 12.7. The Morgan fingerprint density at radius 1 is 1.12 bits per heavy atom. The molecule has 0 aromatic heterocycles. The Labute approximate surface area is 191 Å². The highest BCUT2D eigenvalue weighted by atomic mass is 32.2. The largest absolute Gasteiger partial charge is 0.494 e. The number of nitrogens with one attached hydrogen (secondary N) is 1. The molecule has 1 N–H and O–H groups in total. The maximum absolute atomic E-state index is 13.4. The number of carbonyl (C=O) groups excluding carboxylic acids is 1. The first-order valence-corrected chi connectivity index (χ1v) is 12.7. The molecule has 0 radical (unpaired) electrons. The van der Waals surface area contributed by atoms with Gasteiger partial charge in [-0.3, -0.25) is 9.10 Å². The zero-order chi connectivity index (χ0) is 23.0. The molecule has 32 heavy (non-hydrogen) atoms. The van der Waals surface area contributed by atoms with Crippen LogP contribution in [0.4, 0.5) is 5.69 Å². The lowest BCUT2D eigenvalue weighted by Crippen LogP contribution is -2.50. The molecule has 0 spiro atoms. The number of anilines is 1. The molecule has 1 amide bonds. The monoisotopic (exact) mass is 459 g/mol. The zero-order valence-corrected chi connectivity index (χ0v) is 19.7. The van der Waals surface area contributed by atoms with Crippen LogP contribution in [0.15, 0.2) is 54.6 Å². The fraction of sp³-hybridized carbons (Fsp3) is 0.458. The van der Waals surface area contributed by atoms with Crippen LogP contribution in [0.1, 0.15) is 32.3 Å². The highest BCUT2D eigenvalue weighted by Gasteiger charge is 2.35. The number of ether oxygens (including phenoxy) is 1. The molecule has 7 nitrogen and oxygen atoms in total. The molecule has 3 rings (SSSR count). The fourth-order valence-electron chi connectivity index (χ4n) is 3.98. The highest BCUT2D eigenvalue weighted by molar-refractivity contribution is 7.90. The van der Waals surface area contributed by atoms with E-state index >= 15 is 0 Å². The van der Waals surface area contributed by atoms with Crippen molar-refractivity contribution in [2.24, 2.45) is 5.92 Å². The minimum atomic E-state index is -3.74. The maximum atomic E-state index is 13.4. The van der Waals surface area contributed by atoms with E-state index in [4.69, 9.17) is 4.74 Å². The van der Waals surface area contributed by atoms with E-state index in [2.05, 4.69) is 5.32 Å². The third-order valence-electron chi connectivity index (χ3n) is 5.64. The van der Waals surface area contributed by atoms with Crippen molar-refractivity contribution in [1.82, 2.24) is 9.62 Å². The Bertz CT molecular complexity index is 964. The summed E-state index contributed by atoms with van der Waals surface area (Å²) in [5.41, 5.74) is 1.75. The maximum Gasteiger partial charge on any atom is 0.304 e. The van der Waals surface area contributed by atoms with Crippen molar-refractivity contribution in [1.29, 1.82) is 0 Å². The Balaban J connectivity index is 1.62. The Morgan fingerprint density at radius 2 is 1.84 bits per heavy atom. The molecule has 1 saturated heterocycles. The summed E-state index contributed by atoms with van der Waals surface area (Å²) in [5.74, 6) is 0.285. The first-order valence-electron chi connectivity index (χ1n) is 11.3. The van der Waals surface area contributed by atoms with Crippen LogP contribution < -0.4 is 14.4 Å². The van der Waals surface area contributed by atoms with Crippen molar-refractivity contribution in [3.8, 4) is 5.75 Å². The van der Waals surface area contributed by atoms with E-state index in [1.165, 1.54) is 8.61 Å². The van der Waals surface area contributed by atoms with E-state index in [0.29, 0.717) is 50.5 Å². The normalized spacial score (nSPS) is 17.0. The number of piperidine rings is 1. The van der Waals surface area contributed by atoms with Gasteiger partial charge in [0.15, 0.2) is 0 Å². The van der Waals surface area contributed by atoms with Gasteiger partial charge in [0.1, 0.15) is 5.75 Å². The summed E-state index contributed by atoms with van der Waals surface area (Å²) in [6.45, 7) is 5.74. The summed E-state index contributed by atoms with van der Waals surface area (Å²) < 4.78 is 35.1. The number of nitrogens with zero attached hydrogens (tertiary/aromatic N) is 2. The van der Waals surface area contributed by atoms with Gasteiger partial charge in [-0.25, -0.2) is 0 Å². The van der Waals surface area contributed by atoms with Crippen molar-refractivity contribution in [2.75, 3.05) is 37.1 Å². The van der Waals surface area contributed by atoms with Crippen LogP contribution in [0.3, 0.4) is 0 Å². The predicted octanol–water partition coefficient (Wildman–Crippen LogP) is 3.23. The number of hydrogen-bond acceptors (Lipinski definition) is 4. The molecule has 1 fully saturated rings. The fourth-order valence-corrected chi connectivity index (χ4v) is 5.70. The first kappa shape index (κ1) is 24.1. The van der Waals surface area contributed by atoms with Gasteiger partial charge >= 0.3 is 10.2 Å². The molecular weight excluding hydrogens is 426 g/mol. The van der Waals surface area contributed by atoms with Gasteiger partial charge in [-0.15, -0.1) is 0 Å². The van der Waals surface area contributed by atoms with Crippen LogP contribution in [0.2, 0.25) is 0 Å². The third kappa shape index (κ3) is 6.01. The molecule has 0 saturated carbocycles. The molecule has 2 aromatic carbocycles. The minimum absolute atomic E-state index is 0.0788. The predicted molar refractivity (Wildman–Crippen MR) is 127 cm³/mol. The lowest BCUT2D eigenvalue weighted by atomic mass is 9.99. The van der Waals surface area contributed by atoms with Crippen LogP contribution in [0, 0.1) is 5.92 Å². The van der Waals surface area contributed by atoms with Crippen LogP contribution in [0.25, 0.3) is 0 Å². The average Bonchev–Trinajstić information content (AvgIpc) is 2.81. The van der Waals surface area contributed by atoms with Gasteiger partial charge in [0.25, 0.3) is 0 Å². The van der Waals surface area contributed by atoms with Gasteiger partial charge in [0, 0.05) is 26.2 Å². The summed E-state index contributed by atoms with van der Waals surface area (Å²) in [6, 6.07) is 17.0. The van der Waals surface area contributed by atoms with E-state index in [-0.39, 0.29) is 18.4 Å². The molecule has 8 heteroatoms. The summed E-state index contributed by atoms with van der Waals surface area (Å²) in [5, 5.41) is 2.98. The van der Waals surface area contributed by atoms with Crippen molar-refractivity contribution >= 4 is 21.8 Å². The molecule has 0 bridgehead atoms. The molecule has 1 atom stereocenters. The van der Waals surface area contributed by atoms with Gasteiger partial charge in [-0.1, -0.05) is 30.3 Å². The first-order chi connectivity index (χ1) is 15.5. The number of rotatable bonds is 10. The van der Waals surface area contributed by atoms with Gasteiger partial charge in [0.05, 0.1) is 18.2 Å². The number of hydrogen-bond donors (Lipinski definition) is 1. The molecule has 1 aliphatic heterocycles. The molecule has 174 valence electrons. The number of amides is 1. The van der Waals surface area contributed by atoms with Crippen molar-refractivity contribution < 1.29 is 17.9 Å². The summed E-state index contributed by atoms with van der Waals surface area (Å²) >= 11 is 0. The topological polar surface area (TPSA) is 79.0 Å². The van der Waals surface area contributed by atoms with Gasteiger partial charge < -0.3 is 10.1 Å². The molecule has 1 aliphatic rings. The van der Waals surface area contributed by atoms with E-state index < -0.39 is 10.2 Å². The molecule has 1 heterocycles. The second-order valence-electron chi connectivity index (χ2n) is 7.82. The van der Waals surface area contributed by atoms with Gasteiger partial charge in [0.2, 0.25) is 5.91 Å². The summed E-state index contributed by atoms with van der Waals surface area (Å²) in [6.07, 6.45) is 2.11. The van der Waals surface area contributed by atoms with E-state index in [9.17, 15) is 13.2 Å². The Morgan fingerprint density at radius 3 is 2.50 bits per heavy atom. The quantitative estimate of drug-likeness (QED) is 0.592. The molecule has 0 unspecified atom stereocenters. The van der Waals surface area contributed by atoms with Crippen molar-refractivity contribution in [3.05, 3.63) is 60.2 Å². The average molecular weight is 460 g/mol. The highest BCUT2D eigenvalue weighted by Crippen LogP contribution is 2.27. The summed E-state index contributed by atoms with van der Waals surface area (Å²) in [7, 11) is -3.74. The second-order valence-corrected chi connectivity index (χ2v) is 9.68. The van der Waals surface area contributed by atoms with Crippen LogP contribution >= 0.6 is 0 Å². The van der Waals surface area contributed by atoms with Crippen molar-refractivity contribution in [2.45, 2.75) is 33.1 Å². The second kappa shape index (κ2) is 11.3. The third-order valence-corrected chi connectivity index (χ3v) is 7.65. The number of benzene rings is 2. The van der Waals surface area contributed by atoms with Gasteiger partial charge in [-0.05, 0) is 62.9 Å². The molecule has 0 aliphatic carbocycles. The van der Waals surface area contributed by atoms with E-state index in [1.54, 1.807) is 24.3 Å². The van der Waals surface area contributed by atoms with E-state index in [1.807, 2.05) is 44.2 Å². The lowest BCUT2D eigenvalue weighted by molar-refractivity contribution is -0.126. The molecular formula is C24H33N3O4S. The zero-order valence-electron chi connectivity index (χ0n) is 18.9.